The smallest absolute Gasteiger partial charge is 0.167 e. The van der Waals surface area contributed by atoms with E-state index in [0.29, 0.717) is 17.2 Å². The summed E-state index contributed by atoms with van der Waals surface area (Å²) in [6, 6.07) is 13.7. The minimum Gasteiger partial charge on any atom is -0.507 e. The van der Waals surface area contributed by atoms with Crippen LogP contribution in [0, 0.1) is 0 Å². The van der Waals surface area contributed by atoms with Crippen LogP contribution in [0.1, 0.15) is 152 Å². The van der Waals surface area contributed by atoms with Crippen molar-refractivity contribution in [3.05, 3.63) is 69.8 Å². The minimum absolute atomic E-state index is 0.468. The van der Waals surface area contributed by atoms with E-state index in [0.717, 1.165) is 149 Å². The van der Waals surface area contributed by atoms with Gasteiger partial charge in [-0.2, -0.15) is 0 Å². The maximum Gasteiger partial charge on any atom is 0.167 e. The van der Waals surface area contributed by atoms with Crippen LogP contribution < -0.4 is 0 Å². The lowest BCUT2D eigenvalue weighted by Crippen LogP contribution is -2.10. The van der Waals surface area contributed by atoms with Gasteiger partial charge < -0.3 is 15.3 Å². The normalized spacial score (nSPS) is 11.5. The second-order valence-corrected chi connectivity index (χ2v) is 15.2. The molecular formula is C42H63O3S+. The minimum atomic E-state index is -0.468. The summed E-state index contributed by atoms with van der Waals surface area (Å²) in [6.45, 7) is 13.3. The van der Waals surface area contributed by atoms with E-state index in [4.69, 9.17) is 0 Å². The van der Waals surface area contributed by atoms with Gasteiger partial charge in [0.25, 0.3) is 0 Å². The Hall–Kier alpha value is -2.59. The zero-order chi connectivity index (χ0) is 33.5. The van der Waals surface area contributed by atoms with E-state index < -0.39 is 10.9 Å². The van der Waals surface area contributed by atoms with Crippen LogP contribution in [-0.4, -0.2) is 15.3 Å². The van der Waals surface area contributed by atoms with Gasteiger partial charge in [-0.15, -0.1) is 0 Å². The number of hydrogen-bond acceptors (Lipinski definition) is 3. The summed E-state index contributed by atoms with van der Waals surface area (Å²) < 4.78 is 0. The summed E-state index contributed by atoms with van der Waals surface area (Å²) in [6.07, 6.45) is 17.9. The topological polar surface area (TPSA) is 60.7 Å². The Morgan fingerprint density at radius 2 is 0.522 bits per heavy atom. The molecule has 0 aliphatic heterocycles. The predicted molar refractivity (Wildman–Crippen MR) is 198 cm³/mol. The summed E-state index contributed by atoms with van der Waals surface area (Å²) in [5, 5.41) is 34.4. The second-order valence-electron chi connectivity index (χ2n) is 13.2. The molecule has 0 aliphatic carbocycles. The average Bonchev–Trinajstić information content (AvgIpc) is 3.06. The molecule has 0 radical (unpaired) electrons. The first-order chi connectivity index (χ1) is 22.3. The van der Waals surface area contributed by atoms with Crippen molar-refractivity contribution in [2.75, 3.05) is 0 Å². The van der Waals surface area contributed by atoms with Gasteiger partial charge in [-0.3, -0.25) is 0 Å². The van der Waals surface area contributed by atoms with Gasteiger partial charge in [0, 0.05) is 36.4 Å². The van der Waals surface area contributed by atoms with Crippen molar-refractivity contribution in [2.24, 2.45) is 0 Å². The maximum atomic E-state index is 11.5. The highest BCUT2D eigenvalue weighted by Gasteiger charge is 2.34. The molecule has 0 spiro atoms. The number of phenols is 3. The standard InChI is InChI=1S/C42H62O3S/c1-7-13-19-31-25-37(26-32(40(31)43)20-14-8-2)46(38-27-33(21-15-9-3)41(44)34(28-38)22-16-10-4)39-29-35(23-17-11-5)42(45)36(30-39)24-18-12-6/h25-30H,7-24H2,1-6H3,(H2-,43,44,45)/p+1. The molecule has 3 aromatic carbocycles. The number of phenolic OH excluding ortho intramolecular Hbond substituents is 3. The molecule has 0 saturated heterocycles. The van der Waals surface area contributed by atoms with Gasteiger partial charge in [0.05, 0.1) is 10.9 Å². The second kappa shape index (κ2) is 19.9. The molecule has 0 fully saturated rings. The molecule has 3 rings (SSSR count). The molecule has 3 N–H and O–H groups in total. The van der Waals surface area contributed by atoms with Crippen molar-refractivity contribution >= 4 is 10.9 Å². The summed E-state index contributed by atoms with van der Waals surface area (Å²) in [4.78, 5) is 3.70. The van der Waals surface area contributed by atoms with E-state index in [1.54, 1.807) is 0 Å². The van der Waals surface area contributed by atoms with Crippen LogP contribution in [0.3, 0.4) is 0 Å². The number of unbranched alkanes of at least 4 members (excludes halogenated alkanes) is 6. The van der Waals surface area contributed by atoms with Crippen LogP contribution >= 0.6 is 0 Å². The molecule has 0 amide bonds. The van der Waals surface area contributed by atoms with Crippen molar-refractivity contribution < 1.29 is 15.3 Å². The molecular weight excluding hydrogens is 585 g/mol. The fourth-order valence-electron chi connectivity index (χ4n) is 6.29. The van der Waals surface area contributed by atoms with Gasteiger partial charge in [0.2, 0.25) is 0 Å². The molecule has 46 heavy (non-hydrogen) atoms. The van der Waals surface area contributed by atoms with E-state index in [9.17, 15) is 15.3 Å². The Balaban J connectivity index is 2.40. The van der Waals surface area contributed by atoms with Crippen molar-refractivity contribution in [1.82, 2.24) is 0 Å². The molecule has 0 heterocycles. The molecule has 3 nitrogen and oxygen atoms in total. The fraction of sp³-hybridized carbons (Fsp3) is 0.571. The van der Waals surface area contributed by atoms with Crippen LogP contribution in [0.25, 0.3) is 0 Å². The molecule has 0 unspecified atom stereocenters. The molecule has 4 heteroatoms. The molecule has 0 aromatic heterocycles. The van der Waals surface area contributed by atoms with Crippen molar-refractivity contribution in [3.8, 4) is 17.2 Å². The predicted octanol–water partition coefficient (Wildman–Crippen LogP) is 12.0. The molecule has 0 atom stereocenters. The summed E-state index contributed by atoms with van der Waals surface area (Å²) in [5.41, 5.74) is 6.31. The lowest BCUT2D eigenvalue weighted by Gasteiger charge is -2.18. The number of benzene rings is 3. The lowest BCUT2D eigenvalue weighted by atomic mass is 10.00. The third-order valence-corrected chi connectivity index (χ3v) is 11.4. The molecule has 0 saturated carbocycles. The SMILES string of the molecule is CCCCc1cc([S+](c2cc(CCCC)c(O)c(CCCC)c2)c2cc(CCCC)c(O)c(CCCC)c2)cc(CCCC)c1O. The first-order valence-corrected chi connectivity index (χ1v) is 19.8. The average molecular weight is 648 g/mol. The van der Waals surface area contributed by atoms with E-state index in [-0.39, 0.29) is 0 Å². The van der Waals surface area contributed by atoms with Gasteiger partial charge in [0.15, 0.2) is 14.7 Å². The fourth-order valence-corrected chi connectivity index (χ4v) is 8.67. The summed E-state index contributed by atoms with van der Waals surface area (Å²) in [5.74, 6) is 1.43. The number of aryl methyl sites for hydroxylation is 6. The molecule has 0 bridgehead atoms. The Labute approximate surface area is 284 Å². The lowest BCUT2D eigenvalue weighted by molar-refractivity contribution is 0.457. The van der Waals surface area contributed by atoms with Crippen LogP contribution in [0.15, 0.2) is 51.1 Å². The van der Waals surface area contributed by atoms with Gasteiger partial charge in [-0.25, -0.2) is 0 Å². The van der Waals surface area contributed by atoms with E-state index >= 15 is 0 Å². The van der Waals surface area contributed by atoms with Crippen molar-refractivity contribution in [1.29, 1.82) is 0 Å². The van der Waals surface area contributed by atoms with Crippen LogP contribution in [0.5, 0.6) is 17.2 Å². The Kier molecular flexibility index (Phi) is 16.4. The summed E-state index contributed by atoms with van der Waals surface area (Å²) in [7, 11) is -0.468. The number of aromatic hydroxyl groups is 3. The largest absolute Gasteiger partial charge is 0.507 e. The zero-order valence-electron chi connectivity index (χ0n) is 29.9. The number of rotatable bonds is 21. The van der Waals surface area contributed by atoms with Gasteiger partial charge in [-0.05, 0) is 110 Å². The first kappa shape index (κ1) is 37.9. The molecule has 3 aromatic rings. The number of hydrogen-bond donors (Lipinski definition) is 3. The highest BCUT2D eigenvalue weighted by atomic mass is 32.2. The van der Waals surface area contributed by atoms with Gasteiger partial charge in [-0.1, -0.05) is 80.1 Å². The van der Waals surface area contributed by atoms with Gasteiger partial charge >= 0.3 is 0 Å². The van der Waals surface area contributed by atoms with Crippen LogP contribution in [0.2, 0.25) is 0 Å². The molecule has 254 valence electrons. The van der Waals surface area contributed by atoms with Gasteiger partial charge in [0.1, 0.15) is 17.2 Å². The van der Waals surface area contributed by atoms with Crippen LogP contribution in [0.4, 0.5) is 0 Å². The maximum absolute atomic E-state index is 11.5. The van der Waals surface area contributed by atoms with E-state index in [1.165, 1.54) is 14.7 Å². The first-order valence-electron chi connectivity index (χ1n) is 18.6. The third kappa shape index (κ3) is 10.2. The van der Waals surface area contributed by atoms with Crippen molar-refractivity contribution in [3.63, 3.8) is 0 Å². The Bertz CT molecular complexity index is 1110. The van der Waals surface area contributed by atoms with E-state index in [1.807, 2.05) is 0 Å². The Morgan fingerprint density at radius 1 is 0.348 bits per heavy atom. The van der Waals surface area contributed by atoms with E-state index in [2.05, 4.69) is 77.9 Å². The summed E-state index contributed by atoms with van der Waals surface area (Å²) >= 11 is 0. The third-order valence-electron chi connectivity index (χ3n) is 9.23. The zero-order valence-corrected chi connectivity index (χ0v) is 30.8. The monoisotopic (exact) mass is 647 g/mol. The quantitative estimate of drug-likeness (QED) is 0.101. The Morgan fingerprint density at radius 3 is 0.674 bits per heavy atom. The van der Waals surface area contributed by atoms with Crippen molar-refractivity contribution in [2.45, 2.75) is 172 Å². The molecule has 0 aliphatic rings. The highest BCUT2D eigenvalue weighted by molar-refractivity contribution is 7.97. The van der Waals surface area contributed by atoms with Crippen LogP contribution in [-0.2, 0) is 49.4 Å². The highest BCUT2D eigenvalue weighted by Crippen LogP contribution is 2.42.